The summed E-state index contributed by atoms with van der Waals surface area (Å²) in [5, 5.41) is -3.28. The molecule has 0 bridgehead atoms. The standard InChI is InChI=1S/C2HCl2F2I/c3-1(7)2(4,5)6/h1H/t1-/m1/s1. The van der Waals surface area contributed by atoms with Crippen molar-refractivity contribution in [1.82, 2.24) is 0 Å². The molecule has 0 fully saturated rings. The monoisotopic (exact) mass is 260 g/mol. The second-order valence-corrected chi connectivity index (χ2v) is 3.76. The Balaban J connectivity index is 3.54. The summed E-state index contributed by atoms with van der Waals surface area (Å²) < 4.78 is 21.6. The van der Waals surface area contributed by atoms with Crippen LogP contribution in [-0.2, 0) is 0 Å². The van der Waals surface area contributed by atoms with Gasteiger partial charge in [-0.2, -0.15) is 8.78 Å². The fourth-order valence-corrected chi connectivity index (χ4v) is 0. The lowest BCUT2D eigenvalue weighted by molar-refractivity contribution is 0.118. The first-order chi connectivity index (χ1) is 2.94. The molecule has 44 valence electrons. The van der Waals surface area contributed by atoms with E-state index in [0.717, 1.165) is 0 Å². The predicted molar refractivity (Wildman–Crippen MR) is 34.5 cm³/mol. The normalized spacial score (nSPS) is 16.7. The highest BCUT2D eigenvalue weighted by molar-refractivity contribution is 14.1. The molecule has 0 aliphatic rings. The minimum Gasteiger partial charge on any atom is -0.186 e. The van der Waals surface area contributed by atoms with Gasteiger partial charge in [0.25, 0.3) is 0 Å². The van der Waals surface area contributed by atoms with Crippen molar-refractivity contribution >= 4 is 45.8 Å². The maximum Gasteiger partial charge on any atom is 0.346 e. The molecule has 0 aromatic heterocycles. The molecular weight excluding hydrogens is 260 g/mol. The minimum atomic E-state index is -3.28. The Morgan fingerprint density at radius 1 is 1.57 bits per heavy atom. The highest BCUT2D eigenvalue weighted by Crippen LogP contribution is 2.31. The lowest BCUT2D eigenvalue weighted by Crippen LogP contribution is -2.14. The molecule has 0 aromatic carbocycles. The summed E-state index contributed by atoms with van der Waals surface area (Å²) in [4.78, 5) is 0. The summed E-state index contributed by atoms with van der Waals surface area (Å²) in [6, 6.07) is 0. The average Bonchev–Trinajstić information content (AvgIpc) is 1.31. The quantitative estimate of drug-likeness (QED) is 0.502. The lowest BCUT2D eigenvalue weighted by Gasteiger charge is -2.05. The van der Waals surface area contributed by atoms with Gasteiger partial charge in [0.1, 0.15) is 0 Å². The summed E-state index contributed by atoms with van der Waals surface area (Å²) in [6.45, 7) is 0. The fraction of sp³-hybridized carbons (Fsp3) is 1.00. The van der Waals surface area contributed by atoms with Crippen LogP contribution in [0.5, 0.6) is 0 Å². The van der Waals surface area contributed by atoms with Gasteiger partial charge in [0.2, 0.25) is 0 Å². The second-order valence-electron chi connectivity index (χ2n) is 0.842. The molecule has 0 spiro atoms. The molecule has 0 nitrogen and oxygen atoms in total. The first kappa shape index (κ1) is 8.17. The van der Waals surface area contributed by atoms with Crippen LogP contribution >= 0.6 is 45.8 Å². The smallest absolute Gasteiger partial charge is 0.186 e. The van der Waals surface area contributed by atoms with Crippen LogP contribution in [0.1, 0.15) is 0 Å². The Morgan fingerprint density at radius 3 is 1.71 bits per heavy atom. The Labute approximate surface area is 63.3 Å². The first-order valence-corrected chi connectivity index (χ1v) is 3.35. The van der Waals surface area contributed by atoms with E-state index in [4.69, 9.17) is 11.6 Å². The van der Waals surface area contributed by atoms with Crippen molar-refractivity contribution in [3.63, 3.8) is 0 Å². The molecule has 0 aliphatic heterocycles. The van der Waals surface area contributed by atoms with E-state index in [0.29, 0.717) is 0 Å². The van der Waals surface area contributed by atoms with E-state index in [2.05, 4.69) is 11.6 Å². The van der Waals surface area contributed by atoms with Crippen LogP contribution in [0.15, 0.2) is 0 Å². The van der Waals surface area contributed by atoms with Crippen LogP contribution in [0, 0.1) is 0 Å². The minimum absolute atomic E-state index is 1.33. The lowest BCUT2D eigenvalue weighted by atomic mass is 10.8. The van der Waals surface area contributed by atoms with Gasteiger partial charge in [-0.15, -0.1) is 11.6 Å². The predicted octanol–water partition coefficient (Wildman–Crippen LogP) is 2.82. The van der Waals surface area contributed by atoms with E-state index < -0.39 is 8.77 Å². The van der Waals surface area contributed by atoms with Crippen molar-refractivity contribution in [2.24, 2.45) is 0 Å². The van der Waals surface area contributed by atoms with Crippen molar-refractivity contribution in [3.8, 4) is 0 Å². The highest BCUT2D eigenvalue weighted by atomic mass is 127. The SMILES string of the molecule is FC(F)(Cl)[C@H](Cl)I. The zero-order valence-corrected chi connectivity index (χ0v) is 6.64. The summed E-state index contributed by atoms with van der Waals surface area (Å²) in [5.41, 5.74) is 0. The molecule has 0 unspecified atom stereocenters. The Kier molecular flexibility index (Phi) is 3.08. The van der Waals surface area contributed by atoms with Crippen LogP contribution in [-0.4, -0.2) is 8.77 Å². The van der Waals surface area contributed by atoms with Crippen LogP contribution in [0.4, 0.5) is 8.78 Å². The van der Waals surface area contributed by atoms with Gasteiger partial charge in [0.15, 0.2) is 3.38 Å². The van der Waals surface area contributed by atoms with E-state index in [1.165, 1.54) is 22.6 Å². The first-order valence-electron chi connectivity index (χ1n) is 1.29. The van der Waals surface area contributed by atoms with Gasteiger partial charge in [-0.25, -0.2) is 0 Å². The maximum absolute atomic E-state index is 11.5. The summed E-state index contributed by atoms with van der Waals surface area (Å²) in [6.07, 6.45) is 0. The van der Waals surface area contributed by atoms with Crippen molar-refractivity contribution in [2.75, 3.05) is 0 Å². The van der Waals surface area contributed by atoms with E-state index >= 15 is 0 Å². The van der Waals surface area contributed by atoms with E-state index in [1.54, 1.807) is 0 Å². The summed E-state index contributed by atoms with van der Waals surface area (Å²) >= 11 is 10.6. The molecule has 0 aliphatic carbocycles. The van der Waals surface area contributed by atoms with E-state index in [1.807, 2.05) is 0 Å². The Bertz CT molecular complexity index is 59.2. The van der Waals surface area contributed by atoms with E-state index in [9.17, 15) is 8.78 Å². The molecular formula is C2HCl2F2I. The molecule has 0 radical (unpaired) electrons. The van der Waals surface area contributed by atoms with Crippen molar-refractivity contribution in [2.45, 2.75) is 8.77 Å². The third kappa shape index (κ3) is 3.73. The van der Waals surface area contributed by atoms with Gasteiger partial charge in [-0.05, 0) is 11.6 Å². The number of hydrogen-bond acceptors (Lipinski definition) is 0. The van der Waals surface area contributed by atoms with Gasteiger partial charge in [-0.3, -0.25) is 0 Å². The third-order valence-corrected chi connectivity index (χ3v) is 2.00. The summed E-state index contributed by atoms with van der Waals surface area (Å²) in [5.74, 6) is 0. The molecule has 1 atom stereocenters. The second kappa shape index (κ2) is 2.64. The zero-order valence-electron chi connectivity index (χ0n) is 2.97. The van der Waals surface area contributed by atoms with Gasteiger partial charge in [0, 0.05) is 0 Å². The molecule has 0 aromatic rings. The van der Waals surface area contributed by atoms with Crippen LogP contribution in [0.2, 0.25) is 0 Å². The molecule has 0 N–H and O–H groups in total. The number of hydrogen-bond donors (Lipinski definition) is 0. The van der Waals surface area contributed by atoms with Crippen molar-refractivity contribution < 1.29 is 8.78 Å². The molecule has 0 heterocycles. The average molecular weight is 261 g/mol. The third-order valence-electron chi connectivity index (χ3n) is 0.247. The zero-order chi connectivity index (χ0) is 6.08. The van der Waals surface area contributed by atoms with Gasteiger partial charge >= 0.3 is 5.38 Å². The summed E-state index contributed by atoms with van der Waals surface area (Å²) in [7, 11) is 0. The number of alkyl halides is 5. The molecule has 0 amide bonds. The number of halogens is 5. The fourth-order valence-electron chi connectivity index (χ4n) is 0. The van der Waals surface area contributed by atoms with Gasteiger partial charge in [-0.1, -0.05) is 22.6 Å². The number of rotatable bonds is 1. The van der Waals surface area contributed by atoms with Crippen LogP contribution in [0.25, 0.3) is 0 Å². The van der Waals surface area contributed by atoms with Crippen molar-refractivity contribution in [3.05, 3.63) is 0 Å². The Morgan fingerprint density at radius 2 is 1.71 bits per heavy atom. The topological polar surface area (TPSA) is 0 Å². The Hall–Kier alpha value is 1.17. The molecule has 0 saturated heterocycles. The highest BCUT2D eigenvalue weighted by Gasteiger charge is 2.32. The van der Waals surface area contributed by atoms with Crippen LogP contribution < -0.4 is 0 Å². The van der Waals surface area contributed by atoms with E-state index in [-0.39, 0.29) is 0 Å². The molecule has 5 heteroatoms. The maximum atomic E-state index is 11.5. The molecule has 7 heavy (non-hydrogen) atoms. The van der Waals surface area contributed by atoms with Gasteiger partial charge in [0.05, 0.1) is 0 Å². The molecule has 0 rings (SSSR count). The molecule has 0 saturated carbocycles. The largest absolute Gasteiger partial charge is 0.346 e. The van der Waals surface area contributed by atoms with Crippen LogP contribution in [0.3, 0.4) is 0 Å². The van der Waals surface area contributed by atoms with Gasteiger partial charge < -0.3 is 0 Å². The van der Waals surface area contributed by atoms with Crippen molar-refractivity contribution in [1.29, 1.82) is 0 Å².